The molecule has 4 nitrogen and oxygen atoms in total. The normalized spacial score (nSPS) is 16.8. The molecular formula is C16H12N2O2. The fourth-order valence-electron chi connectivity index (χ4n) is 1.95. The second kappa shape index (κ2) is 5.45. The van der Waals surface area contributed by atoms with Gasteiger partial charge >= 0.3 is 6.09 Å². The maximum absolute atomic E-state index is 11.0. The number of benzene rings is 1. The van der Waals surface area contributed by atoms with Crippen LogP contribution >= 0.6 is 0 Å². The van der Waals surface area contributed by atoms with Gasteiger partial charge in [-0.3, -0.25) is 4.98 Å². The van der Waals surface area contributed by atoms with Gasteiger partial charge in [-0.15, -0.1) is 0 Å². The highest BCUT2D eigenvalue weighted by molar-refractivity contribution is 5.70. The first-order valence-electron chi connectivity index (χ1n) is 6.26. The Labute approximate surface area is 116 Å². The Hall–Kier alpha value is -2.80. The number of rotatable bonds is 1. The lowest BCUT2D eigenvalue weighted by atomic mass is 10.1. The molecule has 1 N–H and O–H groups in total. The van der Waals surface area contributed by atoms with Crippen LogP contribution in [0.25, 0.3) is 0 Å². The molecule has 1 fully saturated rings. The Morgan fingerprint density at radius 3 is 2.70 bits per heavy atom. The summed E-state index contributed by atoms with van der Waals surface area (Å²) in [7, 11) is 0. The van der Waals surface area contributed by atoms with Crippen molar-refractivity contribution in [1.29, 1.82) is 0 Å². The molecule has 2 heterocycles. The Kier molecular flexibility index (Phi) is 3.34. The van der Waals surface area contributed by atoms with Gasteiger partial charge in [0, 0.05) is 23.5 Å². The SMILES string of the molecule is O=C1N[C@H](c2cncc(C#Cc3ccccc3)c2)CO1. The van der Waals surface area contributed by atoms with E-state index >= 15 is 0 Å². The number of carbonyl (C=O) groups excluding carboxylic acids is 1. The van der Waals surface area contributed by atoms with Crippen LogP contribution < -0.4 is 5.32 Å². The fraction of sp³-hybridized carbons (Fsp3) is 0.125. The van der Waals surface area contributed by atoms with Crippen LogP contribution in [0.15, 0.2) is 48.8 Å². The molecule has 2 aromatic rings. The summed E-state index contributed by atoms with van der Waals surface area (Å²) >= 11 is 0. The average molecular weight is 264 g/mol. The molecule has 0 spiro atoms. The topological polar surface area (TPSA) is 51.2 Å². The number of amides is 1. The van der Waals surface area contributed by atoms with Crippen LogP contribution in [0.4, 0.5) is 4.79 Å². The fourth-order valence-corrected chi connectivity index (χ4v) is 1.95. The van der Waals surface area contributed by atoms with Crippen LogP contribution in [-0.4, -0.2) is 17.7 Å². The van der Waals surface area contributed by atoms with E-state index in [9.17, 15) is 4.79 Å². The molecule has 20 heavy (non-hydrogen) atoms. The van der Waals surface area contributed by atoms with Gasteiger partial charge in [0.2, 0.25) is 0 Å². The number of nitrogens with one attached hydrogen (secondary N) is 1. The van der Waals surface area contributed by atoms with Gasteiger partial charge in [0.25, 0.3) is 0 Å². The minimum atomic E-state index is -0.393. The lowest BCUT2D eigenvalue weighted by Crippen LogP contribution is -2.18. The molecule has 1 aromatic heterocycles. The standard InChI is InChI=1S/C16H12N2O2/c19-16-18-15(11-20-16)14-8-13(9-17-10-14)7-6-12-4-2-1-3-5-12/h1-5,8-10,15H,11H2,(H,18,19)/t15-/m0/s1. The van der Waals surface area contributed by atoms with Gasteiger partial charge in [-0.2, -0.15) is 0 Å². The Morgan fingerprint density at radius 1 is 1.15 bits per heavy atom. The van der Waals surface area contributed by atoms with Crippen molar-refractivity contribution in [2.75, 3.05) is 6.61 Å². The molecule has 1 aliphatic rings. The largest absolute Gasteiger partial charge is 0.447 e. The van der Waals surface area contributed by atoms with Crippen molar-refractivity contribution in [3.05, 3.63) is 65.5 Å². The maximum atomic E-state index is 11.0. The molecule has 3 rings (SSSR count). The van der Waals surface area contributed by atoms with Gasteiger partial charge in [-0.25, -0.2) is 4.79 Å². The number of hydrogen-bond acceptors (Lipinski definition) is 3. The van der Waals surface area contributed by atoms with E-state index in [4.69, 9.17) is 4.74 Å². The van der Waals surface area contributed by atoms with Gasteiger partial charge < -0.3 is 10.1 Å². The predicted octanol–water partition coefficient (Wildman–Crippen LogP) is 2.26. The number of pyridine rings is 1. The molecule has 1 amide bonds. The molecule has 0 unspecified atom stereocenters. The molecule has 0 saturated carbocycles. The second-order valence-corrected chi connectivity index (χ2v) is 4.42. The van der Waals surface area contributed by atoms with E-state index in [2.05, 4.69) is 22.1 Å². The number of hydrogen-bond donors (Lipinski definition) is 1. The van der Waals surface area contributed by atoms with Crippen molar-refractivity contribution in [3.8, 4) is 11.8 Å². The van der Waals surface area contributed by atoms with Gasteiger partial charge in [0.05, 0.1) is 6.04 Å². The van der Waals surface area contributed by atoms with Crippen molar-refractivity contribution in [3.63, 3.8) is 0 Å². The maximum Gasteiger partial charge on any atom is 0.407 e. The van der Waals surface area contributed by atoms with Crippen molar-refractivity contribution >= 4 is 6.09 Å². The summed E-state index contributed by atoms with van der Waals surface area (Å²) in [4.78, 5) is 15.2. The number of nitrogens with zero attached hydrogens (tertiary/aromatic N) is 1. The minimum absolute atomic E-state index is 0.145. The Balaban J connectivity index is 1.82. The summed E-state index contributed by atoms with van der Waals surface area (Å²) in [6, 6.07) is 11.5. The van der Waals surface area contributed by atoms with Gasteiger partial charge in [0.1, 0.15) is 6.61 Å². The third-order valence-corrected chi connectivity index (χ3v) is 2.96. The molecule has 0 radical (unpaired) electrons. The third-order valence-electron chi connectivity index (χ3n) is 2.96. The molecule has 1 aromatic carbocycles. The average Bonchev–Trinajstić information content (AvgIpc) is 2.93. The summed E-state index contributed by atoms with van der Waals surface area (Å²) in [5.41, 5.74) is 2.67. The number of cyclic esters (lactones) is 1. The van der Waals surface area contributed by atoms with Crippen LogP contribution in [0.5, 0.6) is 0 Å². The summed E-state index contributed by atoms with van der Waals surface area (Å²) in [5, 5.41) is 2.72. The smallest absolute Gasteiger partial charge is 0.407 e. The minimum Gasteiger partial charge on any atom is -0.447 e. The highest BCUT2D eigenvalue weighted by Crippen LogP contribution is 2.17. The molecule has 0 bridgehead atoms. The van der Waals surface area contributed by atoms with Crippen LogP contribution in [-0.2, 0) is 4.74 Å². The zero-order chi connectivity index (χ0) is 13.8. The van der Waals surface area contributed by atoms with Crippen LogP contribution in [0.3, 0.4) is 0 Å². The third kappa shape index (κ3) is 2.78. The van der Waals surface area contributed by atoms with E-state index in [0.717, 1.165) is 16.7 Å². The summed E-state index contributed by atoms with van der Waals surface area (Å²) in [6.45, 7) is 0.329. The van der Waals surface area contributed by atoms with Crippen LogP contribution in [0.2, 0.25) is 0 Å². The quantitative estimate of drug-likeness (QED) is 0.804. The predicted molar refractivity (Wildman–Crippen MR) is 73.9 cm³/mol. The highest BCUT2D eigenvalue weighted by Gasteiger charge is 2.23. The van der Waals surface area contributed by atoms with E-state index in [1.807, 2.05) is 36.4 Å². The van der Waals surface area contributed by atoms with Gasteiger partial charge in [-0.05, 0) is 23.8 Å². The van der Waals surface area contributed by atoms with Crippen molar-refractivity contribution in [2.24, 2.45) is 0 Å². The molecule has 98 valence electrons. The monoisotopic (exact) mass is 264 g/mol. The van der Waals surface area contributed by atoms with E-state index < -0.39 is 6.09 Å². The van der Waals surface area contributed by atoms with Crippen molar-refractivity contribution in [2.45, 2.75) is 6.04 Å². The number of ether oxygens (including phenoxy) is 1. The molecule has 4 heteroatoms. The van der Waals surface area contributed by atoms with Crippen LogP contribution in [0.1, 0.15) is 22.7 Å². The van der Waals surface area contributed by atoms with Gasteiger partial charge in [-0.1, -0.05) is 30.0 Å². The van der Waals surface area contributed by atoms with Crippen LogP contribution in [0, 0.1) is 11.8 Å². The second-order valence-electron chi connectivity index (χ2n) is 4.42. The summed E-state index contributed by atoms with van der Waals surface area (Å²) in [5.74, 6) is 6.15. The molecule has 1 saturated heterocycles. The molecule has 1 atom stereocenters. The zero-order valence-corrected chi connectivity index (χ0v) is 10.7. The van der Waals surface area contributed by atoms with Crippen molar-refractivity contribution < 1.29 is 9.53 Å². The first-order valence-corrected chi connectivity index (χ1v) is 6.26. The lowest BCUT2D eigenvalue weighted by Gasteiger charge is -2.06. The lowest BCUT2D eigenvalue weighted by molar-refractivity contribution is 0.177. The van der Waals surface area contributed by atoms with E-state index in [1.165, 1.54) is 0 Å². The summed E-state index contributed by atoms with van der Waals surface area (Å²) < 4.78 is 4.88. The van der Waals surface area contributed by atoms with E-state index in [1.54, 1.807) is 12.4 Å². The molecule has 0 aliphatic carbocycles. The molecular weight excluding hydrogens is 252 g/mol. The first-order chi connectivity index (χ1) is 9.81. The van der Waals surface area contributed by atoms with Gasteiger partial charge in [0.15, 0.2) is 0 Å². The molecule has 1 aliphatic heterocycles. The number of carbonyl (C=O) groups is 1. The van der Waals surface area contributed by atoms with E-state index in [0.29, 0.717) is 6.61 Å². The van der Waals surface area contributed by atoms with E-state index in [-0.39, 0.29) is 6.04 Å². The first kappa shape index (κ1) is 12.2. The zero-order valence-electron chi connectivity index (χ0n) is 10.7. The summed E-state index contributed by atoms with van der Waals surface area (Å²) in [6.07, 6.45) is 3.03. The Morgan fingerprint density at radius 2 is 1.95 bits per heavy atom. The highest BCUT2D eigenvalue weighted by atomic mass is 16.6. The van der Waals surface area contributed by atoms with Crippen molar-refractivity contribution in [1.82, 2.24) is 10.3 Å². The number of aromatic nitrogens is 1. The Bertz CT molecular complexity index is 686. The number of alkyl carbamates (subject to hydrolysis) is 1.